The first-order chi connectivity index (χ1) is 10.8. The topological polar surface area (TPSA) is 117 Å². The van der Waals surface area contributed by atoms with Gasteiger partial charge in [0.2, 0.25) is 0 Å². The van der Waals surface area contributed by atoms with Crippen LogP contribution in [-0.2, 0) is 10.4 Å². The van der Waals surface area contributed by atoms with Gasteiger partial charge in [0, 0.05) is 23.8 Å². The van der Waals surface area contributed by atoms with Crippen molar-refractivity contribution < 1.29 is 56.2 Å². The minimum atomic E-state index is -5.02. The van der Waals surface area contributed by atoms with Gasteiger partial charge in [0.25, 0.3) is 10.4 Å². The molecule has 0 amide bonds. The summed E-state index contributed by atoms with van der Waals surface area (Å²) in [4.78, 5) is 12.1. The number of phenols is 1. The fourth-order valence-electron chi connectivity index (χ4n) is 2.15. The van der Waals surface area contributed by atoms with Gasteiger partial charge in [-0.15, -0.1) is 0 Å². The predicted molar refractivity (Wildman–Crippen MR) is 79.9 cm³/mol. The molecular formula is C15H9NaO7S. The Labute approximate surface area is 158 Å². The van der Waals surface area contributed by atoms with Gasteiger partial charge in [-0.1, -0.05) is 30.3 Å². The smallest absolute Gasteiger partial charge is 0.716 e. The maximum Gasteiger partial charge on any atom is 1.00 e. The van der Waals surface area contributed by atoms with Crippen LogP contribution in [0.15, 0.2) is 57.7 Å². The van der Waals surface area contributed by atoms with Crippen LogP contribution >= 0.6 is 0 Å². The molecule has 0 aliphatic carbocycles. The van der Waals surface area contributed by atoms with Gasteiger partial charge in [0.1, 0.15) is 28.2 Å². The Hall–Kier alpha value is -1.84. The van der Waals surface area contributed by atoms with E-state index in [1.54, 1.807) is 30.3 Å². The molecule has 0 unspecified atom stereocenters. The Morgan fingerprint density at radius 2 is 1.75 bits per heavy atom. The third kappa shape index (κ3) is 3.97. The number of phenolic OH excluding ortho intramolecular Hbond substituents is 1. The van der Waals surface area contributed by atoms with Gasteiger partial charge in [0.15, 0.2) is 5.43 Å². The summed E-state index contributed by atoms with van der Waals surface area (Å²) in [6.45, 7) is 0. The quantitative estimate of drug-likeness (QED) is 0.364. The second-order valence-electron chi connectivity index (χ2n) is 4.65. The van der Waals surface area contributed by atoms with Crippen molar-refractivity contribution in [2.45, 2.75) is 0 Å². The van der Waals surface area contributed by atoms with E-state index < -0.39 is 27.3 Å². The zero-order chi connectivity index (χ0) is 16.6. The van der Waals surface area contributed by atoms with Crippen molar-refractivity contribution in [3.8, 4) is 22.8 Å². The average Bonchev–Trinajstić information content (AvgIpc) is 2.45. The van der Waals surface area contributed by atoms with Crippen LogP contribution in [0.1, 0.15) is 0 Å². The van der Waals surface area contributed by atoms with E-state index in [9.17, 15) is 22.9 Å². The van der Waals surface area contributed by atoms with Crippen molar-refractivity contribution in [2.75, 3.05) is 0 Å². The molecular weight excluding hydrogens is 347 g/mol. The van der Waals surface area contributed by atoms with Gasteiger partial charge >= 0.3 is 29.6 Å². The van der Waals surface area contributed by atoms with Crippen LogP contribution in [0.25, 0.3) is 22.3 Å². The van der Waals surface area contributed by atoms with E-state index in [1.807, 2.05) is 0 Å². The van der Waals surface area contributed by atoms with E-state index in [4.69, 9.17) is 4.42 Å². The first-order valence-electron chi connectivity index (χ1n) is 6.35. The van der Waals surface area contributed by atoms with Crippen molar-refractivity contribution in [3.63, 3.8) is 0 Å². The van der Waals surface area contributed by atoms with Crippen molar-refractivity contribution in [1.82, 2.24) is 0 Å². The number of hydrogen-bond acceptors (Lipinski definition) is 7. The van der Waals surface area contributed by atoms with Crippen LogP contribution in [0.3, 0.4) is 0 Å². The van der Waals surface area contributed by atoms with Crippen molar-refractivity contribution in [1.29, 1.82) is 0 Å². The third-order valence-electron chi connectivity index (χ3n) is 3.04. The molecule has 1 N–H and O–H groups in total. The SMILES string of the molecule is O=c1cc(-c2ccccc2)oc2cc(OS(=O)(=O)[O-])cc(O)c12.[Na+]. The van der Waals surface area contributed by atoms with Gasteiger partial charge < -0.3 is 18.3 Å². The summed E-state index contributed by atoms with van der Waals surface area (Å²) < 4.78 is 41.7. The molecule has 7 nitrogen and oxygen atoms in total. The Kier molecular flexibility index (Phi) is 5.36. The Balaban J connectivity index is 0.00000208. The third-order valence-corrected chi connectivity index (χ3v) is 3.44. The summed E-state index contributed by atoms with van der Waals surface area (Å²) in [6.07, 6.45) is 0. The van der Waals surface area contributed by atoms with Crippen LogP contribution in [0.2, 0.25) is 0 Å². The molecule has 2 aromatic carbocycles. The Morgan fingerprint density at radius 1 is 1.08 bits per heavy atom. The number of benzene rings is 2. The van der Waals surface area contributed by atoms with Crippen LogP contribution < -0.4 is 39.2 Å². The number of aromatic hydroxyl groups is 1. The monoisotopic (exact) mass is 356 g/mol. The normalized spacial score (nSPS) is 11.0. The molecule has 0 atom stereocenters. The maximum atomic E-state index is 12.1. The maximum absolute atomic E-state index is 12.1. The molecule has 0 bridgehead atoms. The summed E-state index contributed by atoms with van der Waals surface area (Å²) in [6, 6.07) is 11.8. The molecule has 0 radical (unpaired) electrons. The van der Waals surface area contributed by atoms with Gasteiger partial charge in [0.05, 0.1) is 0 Å². The molecule has 0 spiro atoms. The van der Waals surface area contributed by atoms with E-state index in [0.29, 0.717) is 5.56 Å². The van der Waals surface area contributed by atoms with Crippen molar-refractivity contribution >= 4 is 21.4 Å². The predicted octanol–water partition coefficient (Wildman–Crippen LogP) is -0.991. The average molecular weight is 356 g/mol. The van der Waals surface area contributed by atoms with Gasteiger partial charge in [-0.05, 0) is 0 Å². The van der Waals surface area contributed by atoms with Crippen molar-refractivity contribution in [3.05, 3.63) is 58.8 Å². The minimum absolute atomic E-state index is 0. The van der Waals surface area contributed by atoms with E-state index >= 15 is 0 Å². The first-order valence-corrected chi connectivity index (χ1v) is 7.68. The van der Waals surface area contributed by atoms with E-state index in [1.165, 1.54) is 6.07 Å². The molecule has 0 saturated heterocycles. The zero-order valence-electron chi connectivity index (χ0n) is 12.4. The molecule has 0 saturated carbocycles. The molecule has 0 aliphatic heterocycles. The molecule has 118 valence electrons. The van der Waals surface area contributed by atoms with Crippen LogP contribution in [0.4, 0.5) is 0 Å². The Morgan fingerprint density at radius 3 is 2.38 bits per heavy atom. The summed E-state index contributed by atoms with van der Waals surface area (Å²) in [7, 11) is -5.02. The molecule has 24 heavy (non-hydrogen) atoms. The molecule has 3 aromatic rings. The van der Waals surface area contributed by atoms with Crippen LogP contribution in [0.5, 0.6) is 11.5 Å². The largest absolute Gasteiger partial charge is 1.00 e. The molecule has 0 aliphatic rings. The summed E-state index contributed by atoms with van der Waals surface area (Å²) in [5, 5.41) is 9.72. The summed E-state index contributed by atoms with van der Waals surface area (Å²) >= 11 is 0. The van der Waals surface area contributed by atoms with Crippen LogP contribution in [-0.4, -0.2) is 18.1 Å². The van der Waals surface area contributed by atoms with E-state index in [-0.39, 0.29) is 46.3 Å². The molecule has 0 fully saturated rings. The number of hydrogen-bond donors (Lipinski definition) is 1. The van der Waals surface area contributed by atoms with Gasteiger partial charge in [-0.2, -0.15) is 0 Å². The molecule has 1 heterocycles. The number of fused-ring (bicyclic) bond motifs is 1. The summed E-state index contributed by atoms with van der Waals surface area (Å²) in [5.74, 6) is -0.766. The van der Waals surface area contributed by atoms with Crippen molar-refractivity contribution in [2.24, 2.45) is 0 Å². The standard InChI is InChI=1S/C15H10O7S.Na/c16-11-6-10(22-23(18,19)20)7-14-15(11)12(17)8-13(21-14)9-4-2-1-3-5-9;/h1-8,16H,(H,18,19,20);/q;+1/p-1. The summed E-state index contributed by atoms with van der Waals surface area (Å²) in [5.41, 5.74) is 0.00268. The molecule has 9 heteroatoms. The molecule has 3 rings (SSSR count). The second kappa shape index (κ2) is 6.96. The first kappa shape index (κ1) is 18.5. The Bertz CT molecular complexity index is 1040. The van der Waals surface area contributed by atoms with Gasteiger partial charge in [-0.3, -0.25) is 4.79 Å². The zero-order valence-corrected chi connectivity index (χ0v) is 15.2. The molecule has 1 aromatic heterocycles. The van der Waals surface area contributed by atoms with E-state index in [2.05, 4.69) is 4.18 Å². The minimum Gasteiger partial charge on any atom is -0.716 e. The van der Waals surface area contributed by atoms with E-state index in [0.717, 1.165) is 12.1 Å². The van der Waals surface area contributed by atoms with Crippen LogP contribution in [0, 0.1) is 0 Å². The second-order valence-corrected chi connectivity index (χ2v) is 5.63. The van der Waals surface area contributed by atoms with Gasteiger partial charge in [-0.25, -0.2) is 8.42 Å². The fourth-order valence-corrected chi connectivity index (χ4v) is 2.49. The number of rotatable bonds is 3. The fraction of sp³-hybridized carbons (Fsp3) is 0.